The van der Waals surface area contributed by atoms with Gasteiger partial charge in [-0.05, 0) is 31.4 Å². The number of carbonyl (C=O) groups is 1. The maximum atomic E-state index is 11.8. The van der Waals surface area contributed by atoms with Gasteiger partial charge in [0, 0.05) is 41.0 Å². The highest BCUT2D eigenvalue weighted by molar-refractivity contribution is 6.35. The van der Waals surface area contributed by atoms with Gasteiger partial charge >= 0.3 is 5.97 Å². The van der Waals surface area contributed by atoms with E-state index >= 15 is 0 Å². The molecule has 0 aliphatic carbocycles. The van der Waals surface area contributed by atoms with Gasteiger partial charge in [0.05, 0.1) is 19.5 Å². The molecule has 0 bridgehead atoms. The van der Waals surface area contributed by atoms with Gasteiger partial charge < -0.3 is 14.0 Å². The van der Waals surface area contributed by atoms with E-state index in [1.807, 2.05) is 22.9 Å². The molecule has 0 amide bonds. The zero-order valence-electron chi connectivity index (χ0n) is 19.8. The van der Waals surface area contributed by atoms with Gasteiger partial charge in [-0.25, -0.2) is 4.98 Å². The molecule has 0 fully saturated rings. The minimum Gasteiger partial charge on any atom is -0.466 e. The molecular weight excluding hydrogens is 459 g/mol. The first-order valence-corrected chi connectivity index (χ1v) is 13.0. The van der Waals surface area contributed by atoms with E-state index in [1.165, 1.54) is 19.3 Å². The van der Waals surface area contributed by atoms with Crippen LogP contribution in [0.25, 0.3) is 0 Å². The predicted octanol–water partition coefficient (Wildman–Crippen LogP) is 7.80. The molecule has 0 aliphatic rings. The predicted molar refractivity (Wildman–Crippen MR) is 135 cm³/mol. The molecule has 0 N–H and O–H groups in total. The molecule has 7 heteroatoms. The van der Waals surface area contributed by atoms with E-state index in [4.69, 9.17) is 32.7 Å². The number of imidazole rings is 1. The normalized spacial score (nSPS) is 12.1. The molecule has 1 heterocycles. The van der Waals surface area contributed by atoms with Gasteiger partial charge in [-0.15, -0.1) is 0 Å². The summed E-state index contributed by atoms with van der Waals surface area (Å²) in [4.78, 5) is 15.9. The molecule has 33 heavy (non-hydrogen) atoms. The Morgan fingerprint density at radius 3 is 2.45 bits per heavy atom. The van der Waals surface area contributed by atoms with Crippen LogP contribution in [-0.4, -0.2) is 28.7 Å². The molecular formula is C26H38Cl2N2O3. The first kappa shape index (κ1) is 27.7. The van der Waals surface area contributed by atoms with E-state index in [2.05, 4.69) is 11.9 Å². The van der Waals surface area contributed by atoms with Crippen LogP contribution >= 0.6 is 23.2 Å². The third kappa shape index (κ3) is 11.9. The second-order valence-electron chi connectivity index (χ2n) is 8.44. The SMILES string of the molecule is CCCCCCCOC(=O)CCCCCCCOC(Cn1ccnc1)c1ccc(Cl)cc1Cl. The second-order valence-corrected chi connectivity index (χ2v) is 9.28. The van der Waals surface area contributed by atoms with Crippen molar-refractivity contribution in [2.75, 3.05) is 13.2 Å². The number of nitrogens with zero attached hydrogens (tertiary/aromatic N) is 2. The molecule has 5 nitrogen and oxygen atoms in total. The van der Waals surface area contributed by atoms with Crippen molar-refractivity contribution in [3.05, 3.63) is 52.5 Å². The number of aromatic nitrogens is 2. The highest BCUT2D eigenvalue weighted by atomic mass is 35.5. The average molecular weight is 498 g/mol. The van der Waals surface area contributed by atoms with Gasteiger partial charge in [0.25, 0.3) is 0 Å². The average Bonchev–Trinajstić information content (AvgIpc) is 3.30. The van der Waals surface area contributed by atoms with E-state index in [-0.39, 0.29) is 12.1 Å². The third-order valence-corrected chi connectivity index (χ3v) is 6.16. The third-order valence-electron chi connectivity index (χ3n) is 5.60. The molecule has 1 unspecified atom stereocenters. The van der Waals surface area contributed by atoms with E-state index < -0.39 is 0 Å². The van der Waals surface area contributed by atoms with Gasteiger partial charge in [-0.1, -0.05) is 81.1 Å². The van der Waals surface area contributed by atoms with Crippen molar-refractivity contribution in [3.63, 3.8) is 0 Å². The van der Waals surface area contributed by atoms with Gasteiger partial charge in [-0.3, -0.25) is 4.79 Å². The Kier molecular flexibility index (Phi) is 14.2. The van der Waals surface area contributed by atoms with Crippen molar-refractivity contribution < 1.29 is 14.3 Å². The number of unbranched alkanes of at least 4 members (excludes halogenated alkanes) is 8. The van der Waals surface area contributed by atoms with Crippen LogP contribution in [0, 0.1) is 0 Å². The van der Waals surface area contributed by atoms with Crippen molar-refractivity contribution in [1.29, 1.82) is 0 Å². The van der Waals surface area contributed by atoms with Crippen LogP contribution in [0.2, 0.25) is 10.0 Å². The number of ether oxygens (including phenoxy) is 2. The van der Waals surface area contributed by atoms with Crippen molar-refractivity contribution in [2.45, 2.75) is 90.2 Å². The zero-order valence-corrected chi connectivity index (χ0v) is 21.3. The first-order chi connectivity index (χ1) is 16.1. The number of rotatable bonds is 18. The van der Waals surface area contributed by atoms with Crippen molar-refractivity contribution >= 4 is 29.2 Å². The van der Waals surface area contributed by atoms with E-state index in [9.17, 15) is 4.79 Å². The summed E-state index contributed by atoms with van der Waals surface area (Å²) in [5.74, 6) is -0.0592. The van der Waals surface area contributed by atoms with Crippen LogP contribution in [0.4, 0.5) is 0 Å². The molecule has 1 aromatic carbocycles. The van der Waals surface area contributed by atoms with E-state index in [0.29, 0.717) is 36.2 Å². The number of hydrogen-bond acceptors (Lipinski definition) is 4. The highest BCUT2D eigenvalue weighted by Gasteiger charge is 2.16. The summed E-state index contributed by atoms with van der Waals surface area (Å²) in [5, 5.41) is 1.22. The van der Waals surface area contributed by atoms with Gasteiger partial charge in [0.15, 0.2) is 0 Å². The molecule has 0 saturated heterocycles. The molecule has 2 rings (SSSR count). The molecule has 2 aromatic rings. The summed E-state index contributed by atoms with van der Waals surface area (Å²) in [7, 11) is 0. The Bertz CT molecular complexity index is 784. The standard InChI is InChI=1S/C26H38Cl2N2O3/c1-2-3-4-7-11-18-33-26(31)12-9-6-5-8-10-17-32-25(20-30-16-15-29-21-30)23-14-13-22(27)19-24(23)28/h13-16,19,21,25H,2-12,17-18,20H2,1H3. The summed E-state index contributed by atoms with van der Waals surface area (Å²) in [6.45, 7) is 4.06. The molecule has 0 radical (unpaired) electrons. The second kappa shape index (κ2) is 17.0. The smallest absolute Gasteiger partial charge is 0.305 e. The molecule has 184 valence electrons. The first-order valence-electron chi connectivity index (χ1n) is 12.3. The zero-order chi connectivity index (χ0) is 23.7. The Labute approximate surface area is 208 Å². The fraction of sp³-hybridized carbons (Fsp3) is 0.615. The van der Waals surface area contributed by atoms with Gasteiger partial charge in [0.2, 0.25) is 0 Å². The van der Waals surface area contributed by atoms with Crippen molar-refractivity contribution in [2.24, 2.45) is 0 Å². The maximum Gasteiger partial charge on any atom is 0.305 e. The lowest BCUT2D eigenvalue weighted by Gasteiger charge is -2.20. The van der Waals surface area contributed by atoms with Crippen molar-refractivity contribution in [1.82, 2.24) is 9.55 Å². The Morgan fingerprint density at radius 1 is 1.00 bits per heavy atom. The van der Waals surface area contributed by atoms with Gasteiger partial charge in [0.1, 0.15) is 6.10 Å². The van der Waals surface area contributed by atoms with Crippen LogP contribution in [0.1, 0.15) is 89.2 Å². The number of esters is 1. The lowest BCUT2D eigenvalue weighted by atomic mass is 10.1. The fourth-order valence-corrected chi connectivity index (χ4v) is 4.21. The molecule has 0 aliphatic heterocycles. The summed E-state index contributed by atoms with van der Waals surface area (Å²) < 4.78 is 13.5. The number of carbonyl (C=O) groups excluding carboxylic acids is 1. The monoisotopic (exact) mass is 496 g/mol. The largest absolute Gasteiger partial charge is 0.466 e. The molecule has 0 spiro atoms. The molecule has 1 atom stereocenters. The van der Waals surface area contributed by atoms with Crippen LogP contribution in [-0.2, 0) is 20.8 Å². The minimum atomic E-state index is -0.166. The maximum absolute atomic E-state index is 11.8. The molecule has 1 aromatic heterocycles. The lowest BCUT2D eigenvalue weighted by Crippen LogP contribution is -2.13. The van der Waals surface area contributed by atoms with Crippen molar-refractivity contribution in [3.8, 4) is 0 Å². The molecule has 0 saturated carbocycles. The minimum absolute atomic E-state index is 0.0592. The number of hydrogen-bond donors (Lipinski definition) is 0. The number of benzene rings is 1. The summed E-state index contributed by atoms with van der Waals surface area (Å²) >= 11 is 12.5. The van der Waals surface area contributed by atoms with E-state index in [0.717, 1.165) is 50.5 Å². The topological polar surface area (TPSA) is 53.4 Å². The summed E-state index contributed by atoms with van der Waals surface area (Å²) in [6, 6.07) is 5.52. The number of halogens is 2. The van der Waals surface area contributed by atoms with Crippen LogP contribution in [0.3, 0.4) is 0 Å². The quantitative estimate of drug-likeness (QED) is 0.156. The van der Waals surface area contributed by atoms with E-state index in [1.54, 1.807) is 18.6 Å². The van der Waals surface area contributed by atoms with Gasteiger partial charge in [-0.2, -0.15) is 0 Å². The lowest BCUT2D eigenvalue weighted by molar-refractivity contribution is -0.143. The van der Waals surface area contributed by atoms with Crippen LogP contribution < -0.4 is 0 Å². The Balaban J connectivity index is 1.58. The highest BCUT2D eigenvalue weighted by Crippen LogP contribution is 2.30. The fourth-order valence-electron chi connectivity index (χ4n) is 3.68. The van der Waals surface area contributed by atoms with Crippen LogP contribution in [0.5, 0.6) is 0 Å². The summed E-state index contributed by atoms with van der Waals surface area (Å²) in [6.07, 6.45) is 16.7. The summed E-state index contributed by atoms with van der Waals surface area (Å²) in [5.41, 5.74) is 0.929. The Morgan fingerprint density at radius 2 is 1.73 bits per heavy atom. The Hall–Kier alpha value is -1.56. The van der Waals surface area contributed by atoms with Crippen LogP contribution in [0.15, 0.2) is 36.9 Å².